The Balaban J connectivity index is 1.33. The van der Waals surface area contributed by atoms with E-state index >= 15 is 0 Å². The van der Waals surface area contributed by atoms with Crippen LogP contribution in [0.2, 0.25) is 0 Å². The Bertz CT molecular complexity index is 1110. The van der Waals surface area contributed by atoms with Crippen molar-refractivity contribution in [2.75, 3.05) is 18.6 Å². The van der Waals surface area contributed by atoms with Gasteiger partial charge in [0.15, 0.2) is 0 Å². The van der Waals surface area contributed by atoms with Crippen molar-refractivity contribution in [3.63, 3.8) is 0 Å². The summed E-state index contributed by atoms with van der Waals surface area (Å²) >= 11 is 0. The van der Waals surface area contributed by atoms with E-state index in [2.05, 4.69) is 32.6 Å². The van der Waals surface area contributed by atoms with Crippen LogP contribution in [0.25, 0.3) is 0 Å². The van der Waals surface area contributed by atoms with Crippen LogP contribution < -0.4 is 15.0 Å². The van der Waals surface area contributed by atoms with Crippen LogP contribution in [0.5, 0.6) is 5.75 Å². The van der Waals surface area contributed by atoms with E-state index in [9.17, 15) is 9.59 Å². The molecule has 8 nitrogen and oxygen atoms in total. The van der Waals surface area contributed by atoms with Crippen molar-refractivity contribution in [2.24, 2.45) is 0 Å². The Labute approximate surface area is 173 Å². The fraction of sp³-hybridized carbons (Fsp3) is 0.273. The molecule has 2 heterocycles. The normalized spacial score (nSPS) is 19.4. The van der Waals surface area contributed by atoms with Crippen LogP contribution in [0.4, 0.5) is 5.69 Å². The third kappa shape index (κ3) is 3.01. The van der Waals surface area contributed by atoms with Crippen LogP contribution in [0.15, 0.2) is 54.6 Å². The maximum atomic E-state index is 12.8. The zero-order valence-electron chi connectivity index (χ0n) is 16.5. The summed E-state index contributed by atoms with van der Waals surface area (Å²) in [6.45, 7) is 0.0388. The van der Waals surface area contributed by atoms with Gasteiger partial charge in [-0.15, -0.1) is 5.10 Å². The minimum absolute atomic E-state index is 0.0180. The first kappa shape index (κ1) is 18.4. The van der Waals surface area contributed by atoms with Crippen molar-refractivity contribution in [3.05, 3.63) is 71.8 Å². The average molecular weight is 403 g/mol. The van der Waals surface area contributed by atoms with Gasteiger partial charge in [0, 0.05) is 7.05 Å². The minimum Gasteiger partial charge on any atom is -0.489 e. The number of H-pyrrole nitrogens is 1. The number of likely N-dealkylation sites (N-methyl/N-ethyl adjacent to an activating group) is 1. The summed E-state index contributed by atoms with van der Waals surface area (Å²) in [4.78, 5) is 31.5. The van der Waals surface area contributed by atoms with Gasteiger partial charge in [0.05, 0.1) is 11.1 Å². The molecule has 2 amide bonds. The SMILES string of the molecule is CN1C(=O)C(NC(=O)c2n[nH]c(C3(c4ccccc4)CC3)n2)COc2ccccc21. The summed E-state index contributed by atoms with van der Waals surface area (Å²) < 4.78 is 5.74. The summed E-state index contributed by atoms with van der Waals surface area (Å²) in [5, 5.41) is 9.74. The maximum Gasteiger partial charge on any atom is 0.291 e. The Hall–Kier alpha value is -3.68. The number of fused-ring (bicyclic) bond motifs is 1. The number of nitrogens with zero attached hydrogens (tertiary/aromatic N) is 3. The zero-order chi connectivity index (χ0) is 20.7. The Kier molecular flexibility index (Phi) is 4.27. The first-order valence-electron chi connectivity index (χ1n) is 9.87. The Morgan fingerprint density at radius 2 is 1.90 bits per heavy atom. The van der Waals surface area contributed by atoms with Crippen LogP contribution in [-0.4, -0.2) is 46.7 Å². The van der Waals surface area contributed by atoms with Crippen LogP contribution in [0.3, 0.4) is 0 Å². The molecule has 1 aliphatic heterocycles. The summed E-state index contributed by atoms with van der Waals surface area (Å²) in [5.74, 6) is 0.523. The Morgan fingerprint density at radius 3 is 2.67 bits per heavy atom. The quantitative estimate of drug-likeness (QED) is 0.694. The fourth-order valence-corrected chi connectivity index (χ4v) is 3.90. The van der Waals surface area contributed by atoms with Gasteiger partial charge in [-0.25, -0.2) is 4.98 Å². The van der Waals surface area contributed by atoms with E-state index in [0.29, 0.717) is 17.3 Å². The van der Waals surface area contributed by atoms with Gasteiger partial charge in [-0.1, -0.05) is 42.5 Å². The maximum absolute atomic E-state index is 12.8. The minimum atomic E-state index is -0.833. The van der Waals surface area contributed by atoms with Crippen LogP contribution in [-0.2, 0) is 10.2 Å². The number of carbonyl (C=O) groups excluding carboxylic acids is 2. The molecule has 2 aromatic carbocycles. The molecule has 0 bridgehead atoms. The number of hydrogen-bond acceptors (Lipinski definition) is 5. The lowest BCUT2D eigenvalue weighted by Crippen LogP contribution is -2.49. The number of carbonyl (C=O) groups is 2. The topological polar surface area (TPSA) is 100 Å². The standard InChI is InChI=1S/C22H21N5O3/c1-27-16-9-5-6-10-17(16)30-13-15(20(27)29)23-19(28)18-24-21(26-25-18)22(11-12-22)14-7-3-2-4-8-14/h2-10,15H,11-13H2,1H3,(H,23,28)(H,24,25,26). The van der Waals surface area contributed by atoms with Gasteiger partial charge >= 0.3 is 0 Å². The van der Waals surface area contributed by atoms with Gasteiger partial charge in [0.1, 0.15) is 24.2 Å². The summed E-state index contributed by atoms with van der Waals surface area (Å²) in [5.41, 5.74) is 1.61. The van der Waals surface area contributed by atoms with Crippen molar-refractivity contribution in [1.82, 2.24) is 20.5 Å². The first-order chi connectivity index (χ1) is 14.6. The molecule has 2 aliphatic rings. The highest BCUT2D eigenvalue weighted by Crippen LogP contribution is 2.51. The van der Waals surface area contributed by atoms with E-state index in [4.69, 9.17) is 4.74 Å². The smallest absolute Gasteiger partial charge is 0.291 e. The van der Waals surface area contributed by atoms with Gasteiger partial charge in [0.25, 0.3) is 11.8 Å². The molecule has 1 aliphatic carbocycles. The number of anilines is 1. The third-order valence-electron chi connectivity index (χ3n) is 5.78. The predicted molar refractivity (Wildman–Crippen MR) is 109 cm³/mol. The molecule has 1 aromatic heterocycles. The molecule has 0 radical (unpaired) electrons. The zero-order valence-corrected chi connectivity index (χ0v) is 16.5. The fourth-order valence-electron chi connectivity index (χ4n) is 3.90. The van der Waals surface area contributed by atoms with Crippen molar-refractivity contribution in [2.45, 2.75) is 24.3 Å². The number of ether oxygens (including phenoxy) is 1. The third-order valence-corrected chi connectivity index (χ3v) is 5.78. The second-order valence-electron chi connectivity index (χ2n) is 7.66. The summed E-state index contributed by atoms with van der Waals surface area (Å²) in [6.07, 6.45) is 1.90. The predicted octanol–water partition coefficient (Wildman–Crippen LogP) is 2.04. The number of para-hydroxylation sites is 2. The molecular formula is C22H21N5O3. The Morgan fingerprint density at radius 1 is 1.17 bits per heavy atom. The molecule has 30 heavy (non-hydrogen) atoms. The monoisotopic (exact) mass is 403 g/mol. The lowest BCUT2D eigenvalue weighted by molar-refractivity contribution is -0.120. The van der Waals surface area contributed by atoms with Gasteiger partial charge in [-0.2, -0.15) is 0 Å². The number of rotatable bonds is 4. The van der Waals surface area contributed by atoms with Gasteiger partial charge in [0.2, 0.25) is 5.82 Å². The van der Waals surface area contributed by atoms with Crippen molar-refractivity contribution in [3.8, 4) is 5.75 Å². The average Bonchev–Trinajstić information content (AvgIpc) is 3.47. The number of nitrogens with one attached hydrogen (secondary N) is 2. The number of aromatic nitrogens is 3. The van der Waals surface area contributed by atoms with Crippen LogP contribution >= 0.6 is 0 Å². The molecule has 1 saturated carbocycles. The van der Waals surface area contributed by atoms with E-state index in [1.165, 1.54) is 4.90 Å². The first-order valence-corrected chi connectivity index (χ1v) is 9.87. The molecule has 152 valence electrons. The lowest BCUT2D eigenvalue weighted by Gasteiger charge is -2.19. The molecule has 1 unspecified atom stereocenters. The number of aromatic amines is 1. The molecule has 0 saturated heterocycles. The van der Waals surface area contributed by atoms with Crippen molar-refractivity contribution < 1.29 is 14.3 Å². The molecule has 1 atom stereocenters. The molecule has 3 aromatic rings. The number of benzene rings is 2. The highest BCUT2D eigenvalue weighted by Gasteiger charge is 2.49. The summed E-state index contributed by atoms with van der Waals surface area (Å²) in [7, 11) is 1.66. The molecule has 5 rings (SSSR count). The van der Waals surface area contributed by atoms with E-state index in [-0.39, 0.29) is 23.8 Å². The van der Waals surface area contributed by atoms with Crippen LogP contribution in [0.1, 0.15) is 34.8 Å². The molecule has 1 fully saturated rings. The largest absolute Gasteiger partial charge is 0.489 e. The van der Waals surface area contributed by atoms with Gasteiger partial charge in [-0.3, -0.25) is 14.7 Å². The lowest BCUT2D eigenvalue weighted by atomic mass is 9.95. The summed E-state index contributed by atoms with van der Waals surface area (Å²) in [6, 6.07) is 16.5. The molecular weight excluding hydrogens is 382 g/mol. The van der Waals surface area contributed by atoms with E-state index in [1.54, 1.807) is 19.2 Å². The van der Waals surface area contributed by atoms with E-state index in [1.807, 2.05) is 30.3 Å². The van der Waals surface area contributed by atoms with Crippen molar-refractivity contribution in [1.29, 1.82) is 0 Å². The van der Waals surface area contributed by atoms with Gasteiger partial charge in [-0.05, 0) is 30.5 Å². The number of hydrogen-bond donors (Lipinski definition) is 2. The molecule has 2 N–H and O–H groups in total. The highest BCUT2D eigenvalue weighted by atomic mass is 16.5. The second-order valence-corrected chi connectivity index (χ2v) is 7.66. The molecule has 8 heteroatoms. The van der Waals surface area contributed by atoms with Crippen molar-refractivity contribution >= 4 is 17.5 Å². The number of amides is 2. The van der Waals surface area contributed by atoms with E-state index in [0.717, 1.165) is 18.4 Å². The second kappa shape index (κ2) is 6.98. The molecule has 0 spiro atoms. The van der Waals surface area contributed by atoms with E-state index < -0.39 is 11.9 Å². The highest BCUT2D eigenvalue weighted by molar-refractivity contribution is 6.02. The van der Waals surface area contributed by atoms with Crippen LogP contribution in [0, 0.1) is 0 Å². The van der Waals surface area contributed by atoms with Gasteiger partial charge < -0.3 is 15.0 Å².